The molecular weight excluding hydrogens is 283 g/mol. The number of carbonyl (C=O) groups is 1. The maximum atomic E-state index is 13.8. The number of halogens is 1. The highest BCUT2D eigenvalue weighted by Gasteiger charge is 2.26. The van der Waals surface area contributed by atoms with Gasteiger partial charge in [0.1, 0.15) is 11.9 Å². The molecule has 4 nitrogen and oxygen atoms in total. The van der Waals surface area contributed by atoms with Crippen molar-refractivity contribution in [1.82, 2.24) is 4.90 Å². The zero-order valence-corrected chi connectivity index (χ0v) is 13.0. The van der Waals surface area contributed by atoms with E-state index in [1.807, 2.05) is 0 Å². The normalized spacial score (nSPS) is 18.5. The lowest BCUT2D eigenvalue weighted by molar-refractivity contribution is -0.139. The molecule has 1 aliphatic heterocycles. The zero-order valence-electron chi connectivity index (χ0n) is 13.0. The topological polar surface area (TPSA) is 55.6 Å². The van der Waals surface area contributed by atoms with Crippen molar-refractivity contribution in [3.8, 4) is 0 Å². The van der Waals surface area contributed by atoms with Crippen molar-refractivity contribution in [1.29, 1.82) is 0 Å². The summed E-state index contributed by atoms with van der Waals surface area (Å²) in [5.41, 5.74) is 5.98. The van der Waals surface area contributed by atoms with Crippen LogP contribution in [-0.4, -0.2) is 37.0 Å². The van der Waals surface area contributed by atoms with E-state index in [9.17, 15) is 9.18 Å². The van der Waals surface area contributed by atoms with Crippen molar-refractivity contribution in [2.75, 3.05) is 26.2 Å². The second kappa shape index (κ2) is 8.86. The number of ether oxygens (including phenoxy) is 1. The average Bonchev–Trinajstić information content (AvgIpc) is 2.55. The molecule has 1 atom stereocenters. The Hall–Kier alpha value is -1.46. The number of carbonyl (C=O) groups excluding carboxylic acids is 1. The lowest BCUT2D eigenvalue weighted by atomic mass is 10.1. The highest BCUT2D eigenvalue weighted by molar-refractivity contribution is 5.76. The largest absolute Gasteiger partial charge is 0.370 e. The Kier molecular flexibility index (Phi) is 6.80. The summed E-state index contributed by atoms with van der Waals surface area (Å²) < 4.78 is 19.5. The van der Waals surface area contributed by atoms with Gasteiger partial charge in [-0.05, 0) is 25.5 Å². The summed E-state index contributed by atoms with van der Waals surface area (Å²) in [6.45, 7) is 2.19. The molecule has 1 heterocycles. The molecule has 1 aliphatic rings. The zero-order chi connectivity index (χ0) is 15.8. The first-order chi connectivity index (χ1) is 10.7. The van der Waals surface area contributed by atoms with Gasteiger partial charge in [-0.1, -0.05) is 31.0 Å². The number of rotatable bonds is 7. The molecule has 122 valence electrons. The van der Waals surface area contributed by atoms with Crippen LogP contribution < -0.4 is 5.73 Å². The molecule has 0 saturated carbocycles. The predicted molar refractivity (Wildman–Crippen MR) is 83.8 cm³/mol. The first kappa shape index (κ1) is 16.9. The fourth-order valence-electron chi connectivity index (χ4n) is 2.73. The van der Waals surface area contributed by atoms with Crippen LogP contribution in [0, 0.1) is 5.82 Å². The SMILES string of the molecule is NCCCCCCC(=O)N1CCOC(c2ccccc2F)C1. The molecule has 0 aromatic heterocycles. The van der Waals surface area contributed by atoms with Gasteiger partial charge < -0.3 is 15.4 Å². The quantitative estimate of drug-likeness (QED) is 0.788. The number of nitrogens with zero attached hydrogens (tertiary/aromatic N) is 1. The summed E-state index contributed by atoms with van der Waals surface area (Å²) in [5.74, 6) is -0.138. The van der Waals surface area contributed by atoms with Gasteiger partial charge in [-0.3, -0.25) is 4.79 Å². The van der Waals surface area contributed by atoms with Crippen molar-refractivity contribution in [2.45, 2.75) is 38.2 Å². The molecule has 1 fully saturated rings. The molecule has 1 amide bonds. The van der Waals surface area contributed by atoms with Gasteiger partial charge in [-0.2, -0.15) is 0 Å². The van der Waals surface area contributed by atoms with Crippen LogP contribution in [0.4, 0.5) is 4.39 Å². The van der Waals surface area contributed by atoms with Crippen molar-refractivity contribution in [2.24, 2.45) is 5.73 Å². The molecule has 1 aromatic carbocycles. The third-order valence-corrected chi connectivity index (χ3v) is 4.02. The highest BCUT2D eigenvalue weighted by Crippen LogP contribution is 2.25. The summed E-state index contributed by atoms with van der Waals surface area (Å²) in [6, 6.07) is 6.60. The number of hydrogen-bond acceptors (Lipinski definition) is 3. The third-order valence-electron chi connectivity index (χ3n) is 4.02. The predicted octanol–water partition coefficient (Wildman–Crippen LogP) is 2.63. The van der Waals surface area contributed by atoms with Gasteiger partial charge in [0.25, 0.3) is 0 Å². The van der Waals surface area contributed by atoms with Gasteiger partial charge in [0, 0.05) is 18.5 Å². The summed E-state index contributed by atoms with van der Waals surface area (Å²) >= 11 is 0. The van der Waals surface area contributed by atoms with Crippen LogP contribution in [0.25, 0.3) is 0 Å². The number of amides is 1. The summed E-state index contributed by atoms with van der Waals surface area (Å²) in [7, 11) is 0. The second-order valence-corrected chi connectivity index (χ2v) is 5.67. The monoisotopic (exact) mass is 308 g/mol. The Morgan fingerprint density at radius 3 is 2.82 bits per heavy atom. The summed E-state index contributed by atoms with van der Waals surface area (Å²) in [4.78, 5) is 14.0. The van der Waals surface area contributed by atoms with Gasteiger partial charge in [-0.25, -0.2) is 4.39 Å². The number of nitrogens with two attached hydrogens (primary N) is 1. The number of morpholine rings is 1. The van der Waals surface area contributed by atoms with Crippen molar-refractivity contribution in [3.05, 3.63) is 35.6 Å². The van der Waals surface area contributed by atoms with Crippen LogP contribution >= 0.6 is 0 Å². The molecule has 2 N–H and O–H groups in total. The van der Waals surface area contributed by atoms with Crippen LogP contribution in [0.15, 0.2) is 24.3 Å². The van der Waals surface area contributed by atoms with Crippen LogP contribution in [0.5, 0.6) is 0 Å². The molecule has 1 aromatic rings. The first-order valence-corrected chi connectivity index (χ1v) is 8.06. The Morgan fingerprint density at radius 1 is 1.27 bits per heavy atom. The molecule has 0 spiro atoms. The first-order valence-electron chi connectivity index (χ1n) is 8.06. The fraction of sp³-hybridized carbons (Fsp3) is 0.588. The summed E-state index contributed by atoms with van der Waals surface area (Å²) in [6.07, 6.45) is 4.20. The van der Waals surface area contributed by atoms with E-state index >= 15 is 0 Å². The minimum atomic E-state index is -0.365. The fourth-order valence-corrected chi connectivity index (χ4v) is 2.73. The highest BCUT2D eigenvalue weighted by atomic mass is 19.1. The Bertz CT molecular complexity index is 481. The van der Waals surface area contributed by atoms with Crippen molar-refractivity contribution < 1.29 is 13.9 Å². The average molecular weight is 308 g/mol. The maximum Gasteiger partial charge on any atom is 0.222 e. The molecule has 0 aliphatic carbocycles. The molecular formula is C17H25FN2O2. The Morgan fingerprint density at radius 2 is 2.05 bits per heavy atom. The summed E-state index contributed by atoms with van der Waals surface area (Å²) in [5, 5.41) is 0. The smallest absolute Gasteiger partial charge is 0.222 e. The molecule has 2 rings (SSSR count). The standard InChI is InChI=1S/C17H25FN2O2/c18-15-8-5-4-7-14(15)16-13-20(11-12-22-16)17(21)9-3-1-2-6-10-19/h4-5,7-8,16H,1-3,6,9-13,19H2. The van der Waals surface area contributed by atoms with Crippen LogP contribution in [0.1, 0.15) is 43.8 Å². The van der Waals surface area contributed by atoms with Gasteiger partial charge in [-0.15, -0.1) is 0 Å². The number of hydrogen-bond donors (Lipinski definition) is 1. The van der Waals surface area contributed by atoms with E-state index in [-0.39, 0.29) is 17.8 Å². The van der Waals surface area contributed by atoms with Crippen LogP contribution in [0.3, 0.4) is 0 Å². The van der Waals surface area contributed by atoms with Gasteiger partial charge in [0.05, 0.1) is 13.2 Å². The van der Waals surface area contributed by atoms with E-state index in [0.29, 0.717) is 38.2 Å². The second-order valence-electron chi connectivity index (χ2n) is 5.67. The molecule has 0 bridgehead atoms. The van der Waals surface area contributed by atoms with Gasteiger partial charge >= 0.3 is 0 Å². The molecule has 1 saturated heterocycles. The number of benzene rings is 1. The maximum absolute atomic E-state index is 13.8. The lowest BCUT2D eigenvalue weighted by Gasteiger charge is -2.33. The lowest BCUT2D eigenvalue weighted by Crippen LogP contribution is -2.42. The van der Waals surface area contributed by atoms with Crippen LogP contribution in [-0.2, 0) is 9.53 Å². The van der Waals surface area contributed by atoms with Crippen molar-refractivity contribution >= 4 is 5.91 Å². The third kappa shape index (κ3) is 4.78. The number of unbranched alkanes of at least 4 members (excludes halogenated alkanes) is 3. The Labute approximate surface area is 131 Å². The van der Waals surface area contributed by atoms with Gasteiger partial charge in [0.15, 0.2) is 0 Å². The van der Waals surface area contributed by atoms with Crippen LogP contribution in [0.2, 0.25) is 0 Å². The van der Waals surface area contributed by atoms with Gasteiger partial charge in [0.2, 0.25) is 5.91 Å². The van der Waals surface area contributed by atoms with E-state index in [0.717, 1.165) is 25.7 Å². The molecule has 5 heteroatoms. The van der Waals surface area contributed by atoms with Crippen molar-refractivity contribution in [3.63, 3.8) is 0 Å². The van der Waals surface area contributed by atoms with E-state index in [1.165, 1.54) is 6.07 Å². The minimum Gasteiger partial charge on any atom is -0.370 e. The van der Waals surface area contributed by atoms with E-state index in [4.69, 9.17) is 10.5 Å². The van der Waals surface area contributed by atoms with E-state index in [2.05, 4.69) is 0 Å². The Balaban J connectivity index is 1.82. The molecule has 0 radical (unpaired) electrons. The van der Waals surface area contributed by atoms with E-state index in [1.54, 1.807) is 23.1 Å². The molecule has 1 unspecified atom stereocenters. The minimum absolute atomic E-state index is 0.136. The molecule has 22 heavy (non-hydrogen) atoms. The van der Waals surface area contributed by atoms with E-state index < -0.39 is 0 Å².